The number of para-hydroxylation sites is 1. The Hall–Kier alpha value is -3.80. The number of amides is 1. The van der Waals surface area contributed by atoms with Crippen LogP contribution in [0.2, 0.25) is 0 Å². The maximum atomic E-state index is 13.9. The molecule has 1 amide bonds. The van der Waals surface area contributed by atoms with E-state index < -0.39 is 35.1 Å². The molecular formula is C23H15F2NO3. The third-order valence-electron chi connectivity index (χ3n) is 4.76. The number of carbonyl (C=O) groups is 2. The molecule has 0 saturated carbocycles. The largest absolute Gasteiger partial charge is 0.507 e. The molecule has 1 N–H and O–H groups in total. The van der Waals surface area contributed by atoms with E-state index in [9.17, 15) is 23.5 Å². The van der Waals surface area contributed by atoms with Crippen molar-refractivity contribution in [3.8, 4) is 0 Å². The zero-order valence-corrected chi connectivity index (χ0v) is 15.0. The highest BCUT2D eigenvalue weighted by atomic mass is 19.1. The molecule has 1 heterocycles. The molecule has 0 aliphatic carbocycles. The SMILES string of the molecule is O=C1C(=O)N(c2ccccc2)C(c2cccc(F)c2)C1=C(O)c1ccc(F)cc1. The predicted octanol–water partition coefficient (Wildman–Crippen LogP) is 4.59. The molecule has 144 valence electrons. The summed E-state index contributed by atoms with van der Waals surface area (Å²) in [5.41, 5.74) is 0.758. The number of hydrogen-bond donors (Lipinski definition) is 1. The molecule has 3 aromatic rings. The maximum Gasteiger partial charge on any atom is 0.300 e. The van der Waals surface area contributed by atoms with E-state index in [1.54, 1.807) is 36.4 Å². The molecule has 0 spiro atoms. The highest BCUT2D eigenvalue weighted by Crippen LogP contribution is 2.42. The smallest absolute Gasteiger partial charge is 0.300 e. The van der Waals surface area contributed by atoms with Crippen LogP contribution in [-0.4, -0.2) is 16.8 Å². The normalized spacial score (nSPS) is 18.3. The van der Waals surface area contributed by atoms with Gasteiger partial charge in [0.15, 0.2) is 0 Å². The molecule has 4 rings (SSSR count). The van der Waals surface area contributed by atoms with Crippen molar-refractivity contribution in [1.82, 2.24) is 0 Å². The van der Waals surface area contributed by atoms with Gasteiger partial charge in [0.25, 0.3) is 11.7 Å². The van der Waals surface area contributed by atoms with E-state index in [1.165, 1.54) is 35.2 Å². The second-order valence-electron chi connectivity index (χ2n) is 6.57. The summed E-state index contributed by atoms with van der Waals surface area (Å²) in [4.78, 5) is 26.9. The van der Waals surface area contributed by atoms with Crippen LogP contribution < -0.4 is 4.90 Å². The molecule has 0 radical (unpaired) electrons. The topological polar surface area (TPSA) is 57.6 Å². The van der Waals surface area contributed by atoms with Gasteiger partial charge in [-0.3, -0.25) is 14.5 Å². The zero-order chi connectivity index (χ0) is 20.5. The first kappa shape index (κ1) is 18.6. The van der Waals surface area contributed by atoms with Crippen LogP contribution in [0.25, 0.3) is 5.76 Å². The molecule has 3 aromatic carbocycles. The Kier molecular flexibility index (Phi) is 4.68. The lowest BCUT2D eigenvalue weighted by Gasteiger charge is -2.25. The summed E-state index contributed by atoms with van der Waals surface area (Å²) in [7, 11) is 0. The number of carbonyl (C=O) groups excluding carboxylic acids is 2. The second-order valence-corrected chi connectivity index (χ2v) is 6.57. The van der Waals surface area contributed by atoms with E-state index in [2.05, 4.69) is 0 Å². The molecule has 29 heavy (non-hydrogen) atoms. The first-order chi connectivity index (χ1) is 14.0. The van der Waals surface area contributed by atoms with Crippen molar-refractivity contribution >= 4 is 23.1 Å². The Morgan fingerprint density at radius 2 is 1.52 bits per heavy atom. The summed E-state index contributed by atoms with van der Waals surface area (Å²) in [6.45, 7) is 0. The van der Waals surface area contributed by atoms with E-state index in [-0.39, 0.29) is 11.1 Å². The quantitative estimate of drug-likeness (QED) is 0.404. The fourth-order valence-corrected chi connectivity index (χ4v) is 3.44. The van der Waals surface area contributed by atoms with Gasteiger partial charge in [-0.05, 0) is 54.1 Å². The number of rotatable bonds is 3. The van der Waals surface area contributed by atoms with Crippen molar-refractivity contribution in [2.24, 2.45) is 0 Å². The van der Waals surface area contributed by atoms with Crippen molar-refractivity contribution in [3.63, 3.8) is 0 Å². The average Bonchev–Trinajstić information content (AvgIpc) is 2.99. The average molecular weight is 391 g/mol. The minimum absolute atomic E-state index is 0.180. The molecule has 1 atom stereocenters. The lowest BCUT2D eigenvalue weighted by Crippen LogP contribution is -2.29. The third kappa shape index (κ3) is 3.29. The summed E-state index contributed by atoms with van der Waals surface area (Å²) >= 11 is 0. The Bertz CT molecular complexity index is 1120. The van der Waals surface area contributed by atoms with E-state index in [4.69, 9.17) is 0 Å². The Morgan fingerprint density at radius 3 is 2.17 bits per heavy atom. The lowest BCUT2D eigenvalue weighted by atomic mass is 9.95. The number of anilines is 1. The standard InChI is InChI=1S/C23H15F2NO3/c24-16-11-9-14(10-12-16)21(27)19-20(15-5-4-6-17(25)13-15)26(23(29)22(19)28)18-7-2-1-3-8-18/h1-13,20,27H. The molecule has 4 nitrogen and oxygen atoms in total. The summed E-state index contributed by atoms with van der Waals surface area (Å²) in [6, 6.07) is 17.8. The van der Waals surface area contributed by atoms with Gasteiger partial charge in [-0.25, -0.2) is 8.78 Å². The molecular weight excluding hydrogens is 376 g/mol. The van der Waals surface area contributed by atoms with Crippen LogP contribution in [0.1, 0.15) is 17.2 Å². The van der Waals surface area contributed by atoms with Crippen molar-refractivity contribution in [2.75, 3.05) is 4.90 Å². The van der Waals surface area contributed by atoms with Gasteiger partial charge in [-0.15, -0.1) is 0 Å². The van der Waals surface area contributed by atoms with Gasteiger partial charge in [0.2, 0.25) is 0 Å². The molecule has 1 unspecified atom stereocenters. The summed E-state index contributed by atoms with van der Waals surface area (Å²) in [5, 5.41) is 10.8. The van der Waals surface area contributed by atoms with Crippen LogP contribution in [0, 0.1) is 11.6 Å². The van der Waals surface area contributed by atoms with E-state index in [1.807, 2.05) is 0 Å². The van der Waals surface area contributed by atoms with Crippen LogP contribution in [0.3, 0.4) is 0 Å². The minimum Gasteiger partial charge on any atom is -0.507 e. The first-order valence-electron chi connectivity index (χ1n) is 8.85. The van der Waals surface area contributed by atoms with Gasteiger partial charge in [-0.2, -0.15) is 0 Å². The van der Waals surface area contributed by atoms with Crippen molar-refractivity contribution in [3.05, 3.63) is 107 Å². The van der Waals surface area contributed by atoms with Gasteiger partial charge >= 0.3 is 0 Å². The predicted molar refractivity (Wildman–Crippen MR) is 104 cm³/mol. The molecule has 1 aliphatic rings. The van der Waals surface area contributed by atoms with E-state index in [0.29, 0.717) is 11.3 Å². The molecule has 1 saturated heterocycles. The molecule has 1 fully saturated rings. The highest BCUT2D eigenvalue weighted by molar-refractivity contribution is 6.51. The van der Waals surface area contributed by atoms with Crippen molar-refractivity contribution in [2.45, 2.75) is 6.04 Å². The Morgan fingerprint density at radius 1 is 0.828 bits per heavy atom. The Labute approximate surface area is 165 Å². The number of benzene rings is 3. The third-order valence-corrected chi connectivity index (χ3v) is 4.76. The molecule has 1 aliphatic heterocycles. The van der Waals surface area contributed by atoms with Gasteiger partial charge in [0.05, 0.1) is 11.6 Å². The molecule has 6 heteroatoms. The number of nitrogens with zero attached hydrogens (tertiary/aromatic N) is 1. The van der Waals surface area contributed by atoms with E-state index in [0.717, 1.165) is 12.1 Å². The lowest BCUT2D eigenvalue weighted by molar-refractivity contribution is -0.132. The monoisotopic (exact) mass is 391 g/mol. The van der Waals surface area contributed by atoms with E-state index >= 15 is 0 Å². The van der Waals surface area contributed by atoms with Gasteiger partial charge < -0.3 is 5.11 Å². The number of hydrogen-bond acceptors (Lipinski definition) is 3. The molecule has 0 bridgehead atoms. The number of Topliss-reactive ketones (excluding diaryl/α,β-unsaturated/α-hetero) is 1. The van der Waals surface area contributed by atoms with Crippen LogP contribution in [0.5, 0.6) is 0 Å². The van der Waals surface area contributed by atoms with Crippen molar-refractivity contribution in [1.29, 1.82) is 0 Å². The first-order valence-corrected chi connectivity index (χ1v) is 8.85. The number of aliphatic hydroxyl groups is 1. The van der Waals surface area contributed by atoms with Crippen LogP contribution in [-0.2, 0) is 9.59 Å². The zero-order valence-electron chi connectivity index (χ0n) is 15.0. The molecule has 0 aromatic heterocycles. The van der Waals surface area contributed by atoms with Gasteiger partial charge in [0.1, 0.15) is 17.4 Å². The second kappa shape index (κ2) is 7.31. The number of halogens is 2. The van der Waals surface area contributed by atoms with Crippen molar-refractivity contribution < 1.29 is 23.5 Å². The minimum atomic E-state index is -1.03. The summed E-state index contributed by atoms with van der Waals surface area (Å²) < 4.78 is 27.2. The van der Waals surface area contributed by atoms with Crippen LogP contribution in [0.15, 0.2) is 84.4 Å². The fourth-order valence-electron chi connectivity index (χ4n) is 3.44. The summed E-state index contributed by atoms with van der Waals surface area (Å²) in [5.74, 6) is -3.23. The van der Waals surface area contributed by atoms with Crippen LogP contribution >= 0.6 is 0 Å². The Balaban J connectivity index is 1.95. The number of ketones is 1. The van der Waals surface area contributed by atoms with Gasteiger partial charge in [0, 0.05) is 11.3 Å². The number of aliphatic hydroxyl groups excluding tert-OH is 1. The fraction of sp³-hybridized carbons (Fsp3) is 0.0435. The summed E-state index contributed by atoms with van der Waals surface area (Å²) in [6.07, 6.45) is 0. The van der Waals surface area contributed by atoms with Crippen LogP contribution in [0.4, 0.5) is 14.5 Å². The van der Waals surface area contributed by atoms with Gasteiger partial charge in [-0.1, -0.05) is 30.3 Å². The maximum absolute atomic E-state index is 13.9. The highest BCUT2D eigenvalue weighted by Gasteiger charge is 2.47.